The first-order valence-corrected chi connectivity index (χ1v) is 11.5. The van der Waals surface area contributed by atoms with Crippen molar-refractivity contribution in [3.8, 4) is 0 Å². The van der Waals surface area contributed by atoms with Crippen LogP contribution in [0.25, 0.3) is 0 Å². The normalized spacial score (nSPS) is 12.9. The van der Waals surface area contributed by atoms with Crippen molar-refractivity contribution in [2.24, 2.45) is 0 Å². The van der Waals surface area contributed by atoms with Gasteiger partial charge in [-0.1, -0.05) is 57.2 Å². The lowest BCUT2D eigenvalue weighted by Crippen LogP contribution is -2.15. The van der Waals surface area contributed by atoms with Crippen LogP contribution in [0.2, 0.25) is 0 Å². The van der Waals surface area contributed by atoms with Crippen molar-refractivity contribution in [1.82, 2.24) is 4.90 Å². The van der Waals surface area contributed by atoms with E-state index >= 15 is 0 Å². The molecule has 0 aliphatic heterocycles. The van der Waals surface area contributed by atoms with Crippen LogP contribution < -0.4 is 0 Å². The van der Waals surface area contributed by atoms with Crippen molar-refractivity contribution in [3.05, 3.63) is 53.6 Å². The van der Waals surface area contributed by atoms with E-state index in [1.165, 1.54) is 19.3 Å². The number of esters is 1. The molecule has 0 N–H and O–H groups in total. The first-order chi connectivity index (χ1) is 13.6. The molecule has 0 saturated heterocycles. The molecule has 0 amide bonds. The third-order valence-corrected chi connectivity index (χ3v) is 5.85. The molecule has 0 aromatic heterocycles. The van der Waals surface area contributed by atoms with Crippen molar-refractivity contribution in [1.29, 1.82) is 0 Å². The van der Waals surface area contributed by atoms with Gasteiger partial charge in [0.15, 0.2) is 0 Å². The Balaban J connectivity index is 2.74. The van der Waals surface area contributed by atoms with Crippen LogP contribution in [-0.2, 0) is 20.3 Å². The molecular weight excluding hydrogens is 370 g/mol. The van der Waals surface area contributed by atoms with Gasteiger partial charge in [-0.05, 0) is 50.8 Å². The van der Waals surface area contributed by atoms with E-state index in [4.69, 9.17) is 4.74 Å². The van der Waals surface area contributed by atoms with E-state index in [2.05, 4.69) is 25.7 Å². The molecule has 0 aliphatic carbocycles. The molecule has 0 spiro atoms. The molecule has 0 heterocycles. The van der Waals surface area contributed by atoms with Crippen LogP contribution in [0.1, 0.15) is 59.3 Å². The third-order valence-electron chi connectivity index (χ3n) is 4.45. The molecule has 156 valence electrons. The SMILES string of the molecule is CCCCCCCCOC(=O)/C(=C\C=C\N(CC)CC)S(=O)c1ccccc1. The van der Waals surface area contributed by atoms with Gasteiger partial charge >= 0.3 is 5.97 Å². The highest BCUT2D eigenvalue weighted by Crippen LogP contribution is 2.16. The van der Waals surface area contributed by atoms with Gasteiger partial charge in [0.05, 0.1) is 17.4 Å². The predicted molar refractivity (Wildman–Crippen MR) is 117 cm³/mol. The number of hydrogen-bond donors (Lipinski definition) is 0. The van der Waals surface area contributed by atoms with Crippen LogP contribution in [0.4, 0.5) is 0 Å². The number of rotatable bonds is 14. The van der Waals surface area contributed by atoms with E-state index in [1.54, 1.807) is 24.3 Å². The van der Waals surface area contributed by atoms with Crippen molar-refractivity contribution >= 4 is 16.8 Å². The number of carbonyl (C=O) groups excluding carboxylic acids is 1. The quantitative estimate of drug-likeness (QED) is 0.179. The summed E-state index contributed by atoms with van der Waals surface area (Å²) in [6.07, 6.45) is 12.0. The van der Waals surface area contributed by atoms with E-state index in [9.17, 15) is 9.00 Å². The molecule has 1 unspecified atom stereocenters. The molecular formula is C23H35NO3S. The van der Waals surface area contributed by atoms with Crippen LogP contribution in [-0.4, -0.2) is 34.8 Å². The lowest BCUT2D eigenvalue weighted by atomic mass is 10.1. The minimum Gasteiger partial charge on any atom is -0.462 e. The van der Waals surface area contributed by atoms with E-state index < -0.39 is 16.8 Å². The van der Waals surface area contributed by atoms with Gasteiger partial charge in [0, 0.05) is 18.0 Å². The van der Waals surface area contributed by atoms with Crippen LogP contribution in [0.3, 0.4) is 0 Å². The summed E-state index contributed by atoms with van der Waals surface area (Å²) in [5, 5.41) is 0. The smallest absolute Gasteiger partial charge is 0.347 e. The number of nitrogens with zero attached hydrogens (tertiary/aromatic N) is 1. The number of ether oxygens (including phenoxy) is 1. The second kappa shape index (κ2) is 15.1. The molecule has 1 aromatic carbocycles. The molecule has 28 heavy (non-hydrogen) atoms. The first kappa shape index (κ1) is 24.2. The second-order valence-electron chi connectivity index (χ2n) is 6.58. The molecule has 0 saturated carbocycles. The minimum atomic E-state index is -1.56. The van der Waals surface area contributed by atoms with Crippen molar-refractivity contribution < 1.29 is 13.7 Å². The van der Waals surface area contributed by atoms with Gasteiger partial charge in [-0.25, -0.2) is 9.00 Å². The van der Waals surface area contributed by atoms with Crippen molar-refractivity contribution in [2.45, 2.75) is 64.2 Å². The number of carbonyl (C=O) groups is 1. The molecule has 0 fully saturated rings. The summed E-state index contributed by atoms with van der Waals surface area (Å²) in [5.74, 6) is -0.500. The van der Waals surface area contributed by atoms with Crippen molar-refractivity contribution in [2.75, 3.05) is 19.7 Å². The first-order valence-electron chi connectivity index (χ1n) is 10.4. The summed E-state index contributed by atoms with van der Waals surface area (Å²) >= 11 is 0. The zero-order valence-corrected chi connectivity index (χ0v) is 18.4. The average Bonchev–Trinajstić information content (AvgIpc) is 2.73. The fourth-order valence-corrected chi connectivity index (χ4v) is 3.75. The molecule has 5 heteroatoms. The minimum absolute atomic E-state index is 0.181. The van der Waals surface area contributed by atoms with Gasteiger partial charge in [0.25, 0.3) is 0 Å². The van der Waals surface area contributed by atoms with Gasteiger partial charge in [0.2, 0.25) is 0 Å². The fraction of sp³-hybridized carbons (Fsp3) is 0.522. The highest BCUT2D eigenvalue weighted by molar-refractivity contribution is 7.90. The Bertz CT molecular complexity index is 637. The number of hydrogen-bond acceptors (Lipinski definition) is 4. The lowest BCUT2D eigenvalue weighted by Gasteiger charge is -2.14. The Hall–Kier alpha value is -1.88. The van der Waals surface area contributed by atoms with E-state index in [0.717, 1.165) is 32.4 Å². The summed E-state index contributed by atoms with van der Waals surface area (Å²) < 4.78 is 18.3. The standard InChI is InChI=1S/C23H35NO3S/c1-4-7-8-9-10-14-20-27-23(25)22(18-15-19-24(5-2)6-3)28(26)21-16-12-11-13-17-21/h11-13,15-19H,4-10,14,20H2,1-3H3/b19-15+,22-18+. The van der Waals surface area contributed by atoms with E-state index in [-0.39, 0.29) is 4.91 Å². The van der Waals surface area contributed by atoms with E-state index in [0.29, 0.717) is 11.5 Å². The predicted octanol–water partition coefficient (Wildman–Crippen LogP) is 5.44. The van der Waals surface area contributed by atoms with Gasteiger partial charge < -0.3 is 9.64 Å². The van der Waals surface area contributed by atoms with Gasteiger partial charge in [-0.2, -0.15) is 0 Å². The molecule has 4 nitrogen and oxygen atoms in total. The van der Waals surface area contributed by atoms with Gasteiger partial charge in [0.1, 0.15) is 4.91 Å². The molecule has 1 atom stereocenters. The third kappa shape index (κ3) is 9.36. The highest BCUT2D eigenvalue weighted by atomic mass is 32.2. The molecule has 0 aliphatic rings. The molecule has 0 bridgehead atoms. The summed E-state index contributed by atoms with van der Waals surface area (Å²) in [6, 6.07) is 9.02. The molecule has 1 aromatic rings. The topological polar surface area (TPSA) is 46.6 Å². The largest absolute Gasteiger partial charge is 0.462 e. The summed E-state index contributed by atoms with van der Waals surface area (Å²) in [6.45, 7) is 8.44. The van der Waals surface area contributed by atoms with Gasteiger partial charge in [-0.15, -0.1) is 0 Å². The maximum absolute atomic E-state index is 12.9. The fourth-order valence-electron chi connectivity index (χ4n) is 2.68. The Morgan fingerprint density at radius 1 is 1.00 bits per heavy atom. The van der Waals surface area contributed by atoms with Crippen LogP contribution in [0, 0.1) is 0 Å². The Morgan fingerprint density at radius 2 is 1.64 bits per heavy atom. The molecule has 1 rings (SSSR count). The molecule has 0 radical (unpaired) electrons. The lowest BCUT2D eigenvalue weighted by molar-refractivity contribution is -0.138. The number of unbranched alkanes of at least 4 members (excludes halogenated alkanes) is 5. The highest BCUT2D eigenvalue weighted by Gasteiger charge is 2.19. The maximum Gasteiger partial charge on any atom is 0.347 e. The Morgan fingerprint density at radius 3 is 2.29 bits per heavy atom. The Kier molecular flexibility index (Phi) is 13.0. The monoisotopic (exact) mass is 405 g/mol. The second-order valence-corrected chi connectivity index (χ2v) is 8.03. The zero-order valence-electron chi connectivity index (χ0n) is 17.6. The van der Waals surface area contributed by atoms with E-state index in [1.807, 2.05) is 24.4 Å². The van der Waals surface area contributed by atoms with Crippen LogP contribution in [0.5, 0.6) is 0 Å². The Labute approximate surface area is 173 Å². The summed E-state index contributed by atoms with van der Waals surface area (Å²) in [7, 11) is -1.56. The average molecular weight is 406 g/mol. The van der Waals surface area contributed by atoms with Crippen LogP contribution in [0.15, 0.2) is 58.5 Å². The number of benzene rings is 1. The summed E-state index contributed by atoms with van der Waals surface area (Å²) in [5.41, 5.74) is 0. The van der Waals surface area contributed by atoms with Gasteiger partial charge in [-0.3, -0.25) is 0 Å². The maximum atomic E-state index is 12.9. The zero-order chi connectivity index (χ0) is 20.6. The number of allylic oxidation sites excluding steroid dienone is 2. The van der Waals surface area contributed by atoms with Crippen LogP contribution >= 0.6 is 0 Å². The van der Waals surface area contributed by atoms with Crippen molar-refractivity contribution in [3.63, 3.8) is 0 Å². The summed E-state index contributed by atoms with van der Waals surface area (Å²) in [4.78, 5) is 15.5.